The lowest BCUT2D eigenvalue weighted by atomic mass is 10.3. The van der Waals surface area contributed by atoms with E-state index in [1.165, 1.54) is 11.8 Å². The highest BCUT2D eigenvalue weighted by Gasteiger charge is 2.13. The van der Waals surface area contributed by atoms with Crippen molar-refractivity contribution < 1.29 is 0 Å². The molecule has 0 radical (unpaired) electrons. The smallest absolute Gasteiger partial charge is 0.126 e. The lowest BCUT2D eigenvalue weighted by Crippen LogP contribution is -2.01. The van der Waals surface area contributed by atoms with E-state index in [1.54, 1.807) is 20.8 Å². The number of aryl methyl sites for hydroxylation is 2. The fourth-order valence-electron chi connectivity index (χ4n) is 1.09. The predicted molar refractivity (Wildman–Crippen MR) is 57.2 cm³/mol. The summed E-state index contributed by atoms with van der Waals surface area (Å²) in [6.45, 7) is 5.32. The molecule has 0 aliphatic rings. The van der Waals surface area contributed by atoms with E-state index >= 15 is 0 Å². The molecule has 5 heteroatoms. The first-order valence-electron chi connectivity index (χ1n) is 4.40. The number of thioether (sulfide) groups is 1. The molecule has 0 bridgehead atoms. The molecular formula is C10H10N4S. The summed E-state index contributed by atoms with van der Waals surface area (Å²) in [4.78, 5) is 8.28. The number of hydrogen-bond donors (Lipinski definition) is 0. The van der Waals surface area contributed by atoms with Crippen molar-refractivity contribution in [3.05, 3.63) is 17.1 Å². The fourth-order valence-corrected chi connectivity index (χ4v) is 1.97. The first-order chi connectivity index (χ1) is 7.08. The number of hydrogen-bond acceptors (Lipinski definition) is 5. The van der Waals surface area contributed by atoms with Gasteiger partial charge in [-0.1, -0.05) is 11.8 Å². The molecule has 15 heavy (non-hydrogen) atoms. The zero-order valence-electron chi connectivity index (χ0n) is 8.77. The molecule has 76 valence electrons. The average Bonchev–Trinajstić information content (AvgIpc) is 2.17. The van der Waals surface area contributed by atoms with E-state index in [-0.39, 0.29) is 5.25 Å². The van der Waals surface area contributed by atoms with Gasteiger partial charge in [-0.3, -0.25) is 0 Å². The lowest BCUT2D eigenvalue weighted by Gasteiger charge is -2.06. The molecule has 0 aliphatic carbocycles. The fraction of sp³-hybridized carbons (Fsp3) is 0.400. The molecule has 4 nitrogen and oxygen atoms in total. The minimum Gasteiger partial charge on any atom is -0.237 e. The van der Waals surface area contributed by atoms with Crippen LogP contribution in [0, 0.1) is 36.5 Å². The highest BCUT2D eigenvalue weighted by atomic mass is 32.2. The molecule has 0 spiro atoms. The van der Waals surface area contributed by atoms with E-state index in [0.717, 1.165) is 0 Å². The van der Waals surface area contributed by atoms with Crippen molar-refractivity contribution in [2.75, 3.05) is 0 Å². The first-order valence-corrected chi connectivity index (χ1v) is 5.28. The molecule has 0 aromatic carbocycles. The van der Waals surface area contributed by atoms with Crippen LogP contribution in [0.1, 0.15) is 24.0 Å². The predicted octanol–water partition coefficient (Wildman–Crippen LogP) is 1.97. The second kappa shape index (κ2) is 4.77. The van der Waals surface area contributed by atoms with Crippen LogP contribution in [0.25, 0.3) is 0 Å². The van der Waals surface area contributed by atoms with Gasteiger partial charge in [0.15, 0.2) is 0 Å². The van der Waals surface area contributed by atoms with Gasteiger partial charge in [0.1, 0.15) is 22.5 Å². The van der Waals surface area contributed by atoms with Crippen molar-refractivity contribution in [1.82, 2.24) is 9.97 Å². The quantitative estimate of drug-likeness (QED) is 0.560. The van der Waals surface area contributed by atoms with E-state index < -0.39 is 0 Å². The lowest BCUT2D eigenvalue weighted by molar-refractivity contribution is 0.921. The summed E-state index contributed by atoms with van der Waals surface area (Å²) in [5.74, 6) is 0.624. The van der Waals surface area contributed by atoms with Gasteiger partial charge in [0.05, 0.1) is 17.0 Å². The Hall–Kier alpha value is -1.59. The number of nitrogens with zero attached hydrogens (tertiary/aromatic N) is 4. The summed E-state index contributed by atoms with van der Waals surface area (Å²) in [6.07, 6.45) is 0. The van der Waals surface area contributed by atoms with Gasteiger partial charge in [-0.15, -0.1) is 0 Å². The van der Waals surface area contributed by atoms with Crippen molar-refractivity contribution in [1.29, 1.82) is 10.5 Å². The van der Waals surface area contributed by atoms with Crippen LogP contribution in [-0.2, 0) is 0 Å². The van der Waals surface area contributed by atoms with Crippen molar-refractivity contribution >= 4 is 11.8 Å². The second-order valence-corrected chi connectivity index (χ2v) is 4.37. The molecule has 1 aromatic rings. The summed E-state index contributed by atoms with van der Waals surface area (Å²) in [6, 6.07) is 4.16. The van der Waals surface area contributed by atoms with Crippen LogP contribution in [0.2, 0.25) is 0 Å². The minimum absolute atomic E-state index is 0.217. The SMILES string of the molecule is Cc1nc(C)c(C#N)c(SC(C)C#N)n1. The van der Waals surface area contributed by atoms with Crippen molar-refractivity contribution in [3.8, 4) is 12.1 Å². The van der Waals surface area contributed by atoms with Gasteiger partial charge in [-0.2, -0.15) is 10.5 Å². The number of rotatable bonds is 2. The number of aromatic nitrogens is 2. The Morgan fingerprint density at radius 1 is 1.27 bits per heavy atom. The molecule has 0 N–H and O–H groups in total. The maximum atomic E-state index is 8.95. The van der Waals surface area contributed by atoms with Crippen LogP contribution in [0.15, 0.2) is 5.03 Å². The third-order valence-corrected chi connectivity index (χ3v) is 2.73. The Morgan fingerprint density at radius 2 is 1.93 bits per heavy atom. The maximum Gasteiger partial charge on any atom is 0.126 e. The van der Waals surface area contributed by atoms with Gasteiger partial charge in [0, 0.05) is 0 Å². The van der Waals surface area contributed by atoms with Gasteiger partial charge in [-0.25, -0.2) is 9.97 Å². The largest absolute Gasteiger partial charge is 0.237 e. The molecule has 0 amide bonds. The van der Waals surface area contributed by atoms with Gasteiger partial charge in [0.25, 0.3) is 0 Å². The van der Waals surface area contributed by atoms with Crippen LogP contribution in [0.3, 0.4) is 0 Å². The Morgan fingerprint density at radius 3 is 2.47 bits per heavy atom. The standard InChI is InChI=1S/C10H10N4S/c1-6(4-11)15-10-9(5-12)7(2)13-8(3)14-10/h6H,1-3H3. The zero-order chi connectivity index (χ0) is 11.4. The molecule has 1 unspecified atom stereocenters. The van der Waals surface area contributed by atoms with Gasteiger partial charge < -0.3 is 0 Å². The third kappa shape index (κ3) is 2.68. The summed E-state index contributed by atoms with van der Waals surface area (Å²) in [5.41, 5.74) is 1.13. The normalized spacial score (nSPS) is 11.5. The highest BCUT2D eigenvalue weighted by Crippen LogP contribution is 2.25. The molecule has 0 saturated carbocycles. The van der Waals surface area contributed by atoms with Crippen LogP contribution < -0.4 is 0 Å². The van der Waals surface area contributed by atoms with Gasteiger partial charge in [0.2, 0.25) is 0 Å². The van der Waals surface area contributed by atoms with Crippen molar-refractivity contribution in [2.24, 2.45) is 0 Å². The van der Waals surface area contributed by atoms with Crippen LogP contribution in [0.5, 0.6) is 0 Å². The summed E-state index contributed by atoms with van der Waals surface area (Å²) >= 11 is 1.29. The molecule has 1 aromatic heterocycles. The Labute approximate surface area is 93.0 Å². The van der Waals surface area contributed by atoms with E-state index in [9.17, 15) is 0 Å². The third-order valence-electron chi connectivity index (χ3n) is 1.75. The molecule has 0 fully saturated rings. The Kier molecular flexibility index (Phi) is 3.65. The van der Waals surface area contributed by atoms with E-state index in [4.69, 9.17) is 10.5 Å². The molecular weight excluding hydrogens is 208 g/mol. The molecule has 0 saturated heterocycles. The summed E-state index contributed by atoms with van der Waals surface area (Å²) < 4.78 is 0. The van der Waals surface area contributed by atoms with E-state index in [2.05, 4.69) is 22.1 Å². The molecule has 1 atom stereocenters. The van der Waals surface area contributed by atoms with E-state index in [1.807, 2.05) is 0 Å². The number of nitriles is 2. The minimum atomic E-state index is -0.217. The Balaban J connectivity index is 3.18. The molecule has 1 rings (SSSR count). The van der Waals surface area contributed by atoms with E-state index in [0.29, 0.717) is 22.1 Å². The molecule has 1 heterocycles. The highest BCUT2D eigenvalue weighted by molar-refractivity contribution is 8.00. The monoisotopic (exact) mass is 218 g/mol. The first kappa shape index (κ1) is 11.5. The van der Waals surface area contributed by atoms with Crippen LogP contribution in [-0.4, -0.2) is 15.2 Å². The Bertz CT molecular complexity index is 456. The molecule has 0 aliphatic heterocycles. The van der Waals surface area contributed by atoms with Gasteiger partial charge in [-0.05, 0) is 20.8 Å². The summed E-state index contributed by atoms with van der Waals surface area (Å²) in [7, 11) is 0. The topological polar surface area (TPSA) is 73.4 Å². The van der Waals surface area contributed by atoms with Crippen LogP contribution in [0.4, 0.5) is 0 Å². The van der Waals surface area contributed by atoms with Gasteiger partial charge >= 0.3 is 0 Å². The second-order valence-electron chi connectivity index (χ2n) is 3.04. The van der Waals surface area contributed by atoms with Crippen molar-refractivity contribution in [2.45, 2.75) is 31.0 Å². The average molecular weight is 218 g/mol. The maximum absolute atomic E-state index is 8.95. The van der Waals surface area contributed by atoms with Crippen LogP contribution >= 0.6 is 11.8 Å². The zero-order valence-corrected chi connectivity index (χ0v) is 9.59. The summed E-state index contributed by atoms with van der Waals surface area (Å²) in [5, 5.41) is 18.0. The van der Waals surface area contributed by atoms with Crippen molar-refractivity contribution in [3.63, 3.8) is 0 Å².